The van der Waals surface area contributed by atoms with Gasteiger partial charge in [0.2, 0.25) is 5.91 Å². The Kier molecular flexibility index (Phi) is 7.37. The molecule has 0 bridgehead atoms. The van der Waals surface area contributed by atoms with Crippen molar-refractivity contribution < 1.29 is 9.53 Å². The third-order valence-electron chi connectivity index (χ3n) is 5.53. The lowest BCUT2D eigenvalue weighted by Crippen LogP contribution is -2.50. The monoisotopic (exact) mass is 377 g/mol. The van der Waals surface area contributed by atoms with Gasteiger partial charge in [0, 0.05) is 43.7 Å². The predicted octanol–water partition coefficient (Wildman–Crippen LogP) is 1.91. The van der Waals surface area contributed by atoms with Crippen LogP contribution in [0, 0.1) is 5.41 Å². The molecule has 26 heavy (non-hydrogen) atoms. The number of carbonyl (C=O) groups excluding carboxylic acids is 1. The Morgan fingerprint density at radius 1 is 1.27 bits per heavy atom. The van der Waals surface area contributed by atoms with Gasteiger partial charge < -0.3 is 15.4 Å². The first-order valence-electron chi connectivity index (χ1n) is 9.58. The maximum atomic E-state index is 13.2. The van der Waals surface area contributed by atoms with Crippen molar-refractivity contribution in [1.29, 1.82) is 0 Å². The smallest absolute Gasteiger partial charge is 0.241 e. The molecule has 2 N–H and O–H groups in total. The van der Waals surface area contributed by atoms with Gasteiger partial charge in [-0.25, -0.2) is 0 Å². The maximum Gasteiger partial charge on any atom is 0.241 e. The second-order valence-corrected chi connectivity index (χ2v) is 8.59. The van der Waals surface area contributed by atoms with E-state index in [1.54, 1.807) is 7.11 Å². The molecule has 2 heterocycles. The minimum atomic E-state index is -0.196. The van der Waals surface area contributed by atoms with Crippen LogP contribution < -0.4 is 10.6 Å². The van der Waals surface area contributed by atoms with Crippen molar-refractivity contribution in [3.63, 3.8) is 0 Å². The van der Waals surface area contributed by atoms with Crippen LogP contribution in [0.2, 0.25) is 0 Å². The quantitative estimate of drug-likeness (QED) is 0.760. The van der Waals surface area contributed by atoms with E-state index in [0.717, 1.165) is 56.1 Å². The molecule has 3 rings (SSSR count). The Morgan fingerprint density at radius 2 is 1.96 bits per heavy atom. The fourth-order valence-corrected chi connectivity index (χ4v) is 4.94. The Labute approximate surface area is 161 Å². The molecule has 6 heteroatoms. The zero-order valence-corrected chi connectivity index (χ0v) is 16.5. The van der Waals surface area contributed by atoms with Gasteiger partial charge in [0.25, 0.3) is 0 Å². The van der Waals surface area contributed by atoms with E-state index in [1.807, 2.05) is 30.0 Å². The maximum absolute atomic E-state index is 13.2. The first kappa shape index (κ1) is 19.7. The summed E-state index contributed by atoms with van der Waals surface area (Å²) in [5.74, 6) is 2.31. The molecule has 2 saturated heterocycles. The fourth-order valence-electron chi connectivity index (χ4n) is 4.01. The van der Waals surface area contributed by atoms with Crippen molar-refractivity contribution in [2.45, 2.75) is 18.9 Å². The zero-order chi connectivity index (χ0) is 18.2. The van der Waals surface area contributed by atoms with Crippen molar-refractivity contribution in [1.82, 2.24) is 15.5 Å². The van der Waals surface area contributed by atoms with E-state index >= 15 is 0 Å². The number of ether oxygens (including phenoxy) is 1. The third kappa shape index (κ3) is 5.00. The van der Waals surface area contributed by atoms with Gasteiger partial charge in [-0.15, -0.1) is 0 Å². The molecule has 2 fully saturated rings. The van der Waals surface area contributed by atoms with E-state index in [9.17, 15) is 4.79 Å². The molecule has 144 valence electrons. The molecule has 0 aliphatic carbocycles. The van der Waals surface area contributed by atoms with Gasteiger partial charge in [-0.05, 0) is 31.5 Å². The van der Waals surface area contributed by atoms with Crippen LogP contribution in [0.1, 0.15) is 24.4 Å². The second-order valence-electron chi connectivity index (χ2n) is 7.36. The van der Waals surface area contributed by atoms with E-state index in [-0.39, 0.29) is 17.4 Å². The average Bonchev–Trinajstić information content (AvgIpc) is 2.69. The molecule has 1 aromatic rings. The Balaban J connectivity index is 1.70. The topological polar surface area (TPSA) is 53.6 Å². The van der Waals surface area contributed by atoms with Crippen molar-refractivity contribution in [2.75, 3.05) is 57.9 Å². The van der Waals surface area contributed by atoms with Gasteiger partial charge in [0.05, 0.1) is 6.61 Å². The molecular formula is C20H31N3O2S. The van der Waals surface area contributed by atoms with Crippen LogP contribution in [0.4, 0.5) is 0 Å². The van der Waals surface area contributed by atoms with E-state index in [4.69, 9.17) is 4.74 Å². The molecule has 1 aromatic carbocycles. The van der Waals surface area contributed by atoms with Crippen molar-refractivity contribution in [2.24, 2.45) is 5.41 Å². The summed E-state index contributed by atoms with van der Waals surface area (Å²) in [6.45, 7) is 5.30. The van der Waals surface area contributed by atoms with Gasteiger partial charge in [0.15, 0.2) is 0 Å². The van der Waals surface area contributed by atoms with Gasteiger partial charge in [0.1, 0.15) is 6.04 Å². The molecule has 0 radical (unpaired) electrons. The molecule has 2 aliphatic rings. The summed E-state index contributed by atoms with van der Waals surface area (Å²) in [7, 11) is 1.75. The summed E-state index contributed by atoms with van der Waals surface area (Å²) in [4.78, 5) is 15.5. The van der Waals surface area contributed by atoms with Crippen molar-refractivity contribution in [3.8, 4) is 0 Å². The molecule has 1 unspecified atom stereocenters. The Bertz CT molecular complexity index is 552. The van der Waals surface area contributed by atoms with Crippen LogP contribution in [-0.2, 0) is 9.53 Å². The van der Waals surface area contributed by atoms with E-state index in [1.165, 1.54) is 0 Å². The number of amides is 1. The number of benzene rings is 1. The van der Waals surface area contributed by atoms with Crippen LogP contribution in [-0.4, -0.2) is 68.8 Å². The van der Waals surface area contributed by atoms with Crippen LogP contribution in [0.15, 0.2) is 30.3 Å². The lowest BCUT2D eigenvalue weighted by atomic mass is 9.79. The number of nitrogens with zero attached hydrogens (tertiary/aromatic N) is 1. The SMILES string of the molecule is COCC1(CNC(=O)C(c2ccccc2)N2CCSCC2)CCNCC1. The number of thioether (sulfide) groups is 1. The molecule has 0 saturated carbocycles. The summed E-state index contributed by atoms with van der Waals surface area (Å²) in [6, 6.07) is 10.00. The summed E-state index contributed by atoms with van der Waals surface area (Å²) >= 11 is 1.97. The summed E-state index contributed by atoms with van der Waals surface area (Å²) in [6.07, 6.45) is 2.08. The Morgan fingerprint density at radius 3 is 2.62 bits per heavy atom. The van der Waals surface area contributed by atoms with Gasteiger partial charge >= 0.3 is 0 Å². The highest BCUT2D eigenvalue weighted by atomic mass is 32.2. The molecule has 0 aromatic heterocycles. The van der Waals surface area contributed by atoms with Crippen LogP contribution in [0.25, 0.3) is 0 Å². The summed E-state index contributed by atoms with van der Waals surface area (Å²) < 4.78 is 5.49. The number of rotatable bonds is 7. The highest BCUT2D eigenvalue weighted by Crippen LogP contribution is 2.29. The molecule has 1 amide bonds. The highest BCUT2D eigenvalue weighted by Gasteiger charge is 2.35. The zero-order valence-electron chi connectivity index (χ0n) is 15.7. The first-order chi connectivity index (χ1) is 12.7. The lowest BCUT2D eigenvalue weighted by molar-refractivity contribution is -0.127. The lowest BCUT2D eigenvalue weighted by Gasteiger charge is -2.38. The summed E-state index contributed by atoms with van der Waals surface area (Å²) in [5, 5.41) is 6.69. The van der Waals surface area contributed by atoms with Gasteiger partial charge in [-0.1, -0.05) is 30.3 Å². The van der Waals surface area contributed by atoms with E-state index < -0.39 is 0 Å². The molecule has 2 aliphatic heterocycles. The third-order valence-corrected chi connectivity index (χ3v) is 6.47. The van der Waals surface area contributed by atoms with E-state index in [2.05, 4.69) is 27.7 Å². The molecule has 1 atom stereocenters. The van der Waals surface area contributed by atoms with Crippen LogP contribution in [0.5, 0.6) is 0 Å². The number of hydrogen-bond acceptors (Lipinski definition) is 5. The van der Waals surface area contributed by atoms with E-state index in [0.29, 0.717) is 13.2 Å². The predicted molar refractivity (Wildman–Crippen MR) is 108 cm³/mol. The number of piperidine rings is 1. The number of hydrogen-bond donors (Lipinski definition) is 2. The minimum absolute atomic E-state index is 0.0502. The van der Waals surface area contributed by atoms with Crippen LogP contribution >= 0.6 is 11.8 Å². The highest BCUT2D eigenvalue weighted by molar-refractivity contribution is 7.99. The number of nitrogens with one attached hydrogen (secondary N) is 2. The molecule has 0 spiro atoms. The number of methoxy groups -OCH3 is 1. The van der Waals surface area contributed by atoms with Crippen molar-refractivity contribution >= 4 is 17.7 Å². The largest absolute Gasteiger partial charge is 0.384 e. The number of carbonyl (C=O) groups is 1. The standard InChI is InChI=1S/C20H31N3O2S/c1-25-16-20(7-9-21-10-8-20)15-22-19(24)18(17-5-3-2-4-6-17)23-11-13-26-14-12-23/h2-6,18,21H,7-16H2,1H3,(H,22,24). The van der Waals surface area contributed by atoms with Crippen molar-refractivity contribution in [3.05, 3.63) is 35.9 Å². The average molecular weight is 378 g/mol. The summed E-state index contributed by atoms with van der Waals surface area (Å²) in [5.41, 5.74) is 1.14. The van der Waals surface area contributed by atoms with Crippen LogP contribution in [0.3, 0.4) is 0 Å². The molecule has 5 nitrogen and oxygen atoms in total. The van der Waals surface area contributed by atoms with Gasteiger partial charge in [-0.2, -0.15) is 11.8 Å². The normalized spacial score (nSPS) is 21.9. The fraction of sp³-hybridized carbons (Fsp3) is 0.650. The minimum Gasteiger partial charge on any atom is -0.384 e. The molecular weight excluding hydrogens is 346 g/mol. The first-order valence-corrected chi connectivity index (χ1v) is 10.7. The second kappa shape index (κ2) is 9.74. The Hall–Kier alpha value is -1.08. The van der Waals surface area contributed by atoms with Gasteiger partial charge in [-0.3, -0.25) is 9.69 Å².